The van der Waals surface area contributed by atoms with Gasteiger partial charge in [-0.2, -0.15) is 0 Å². The predicted molar refractivity (Wildman–Crippen MR) is 277 cm³/mol. The third-order valence-electron chi connectivity index (χ3n) is 15.9. The van der Waals surface area contributed by atoms with Gasteiger partial charge >= 0.3 is 0 Å². The number of unbranched alkanes of at least 4 members (excludes halogenated alkanes) is 10. The minimum atomic E-state index is -0.413. The van der Waals surface area contributed by atoms with E-state index >= 15 is 0 Å². The lowest BCUT2D eigenvalue weighted by molar-refractivity contribution is 0.398. The van der Waals surface area contributed by atoms with Gasteiger partial charge in [-0.1, -0.05) is 241 Å². The smallest absolute Gasteiger partial charge is 0.0654 e. The molecule has 1 spiro atoms. The van der Waals surface area contributed by atoms with Crippen LogP contribution >= 0.6 is 0 Å². The van der Waals surface area contributed by atoms with Gasteiger partial charge in [0.15, 0.2) is 0 Å². The first-order valence-electron chi connectivity index (χ1n) is 25.5. The van der Waals surface area contributed by atoms with E-state index in [1.165, 1.54) is 179 Å². The molecule has 332 valence electrons. The minimum absolute atomic E-state index is 0.0261. The first-order chi connectivity index (χ1) is 30.7. The van der Waals surface area contributed by atoms with Gasteiger partial charge in [0, 0.05) is 5.41 Å². The fourth-order valence-electron chi connectivity index (χ4n) is 12.3. The van der Waals surface area contributed by atoms with E-state index in [9.17, 15) is 0 Å². The van der Waals surface area contributed by atoms with Gasteiger partial charge in [-0.3, -0.25) is 0 Å². The SMILES string of the molecule is CCCCCCCCC1(CCCCCCCC)c2cc(C)ccc2-c2ccc(-c3ccc4c(c3)C3(c5cc(C)ccc5-4)c4cc(C(C)(C)C)ccc4-c4ccc(C(C)(C)C)cc43)cc21. The quantitative estimate of drug-likeness (QED) is 0.0902. The Hall–Kier alpha value is -4.68. The number of hydrogen-bond donors (Lipinski definition) is 0. The molecular weight excluding hydrogens is 769 g/mol. The second-order valence-corrected chi connectivity index (χ2v) is 22.5. The molecule has 0 aromatic heterocycles. The third kappa shape index (κ3) is 7.54. The summed E-state index contributed by atoms with van der Waals surface area (Å²) in [7, 11) is 0. The molecule has 0 atom stereocenters. The van der Waals surface area contributed by atoms with Crippen LogP contribution in [0.3, 0.4) is 0 Å². The highest BCUT2D eigenvalue weighted by Gasteiger charge is 2.52. The maximum absolute atomic E-state index is 2.67. The van der Waals surface area contributed by atoms with Crippen molar-refractivity contribution in [3.05, 3.63) is 165 Å². The summed E-state index contributed by atoms with van der Waals surface area (Å²) in [4.78, 5) is 0. The van der Waals surface area contributed by atoms with Crippen LogP contribution < -0.4 is 0 Å². The molecule has 6 aromatic rings. The van der Waals surface area contributed by atoms with Crippen molar-refractivity contribution in [2.75, 3.05) is 0 Å². The topological polar surface area (TPSA) is 0 Å². The molecule has 64 heavy (non-hydrogen) atoms. The Bertz CT molecular complexity index is 2600. The van der Waals surface area contributed by atoms with Crippen molar-refractivity contribution < 1.29 is 0 Å². The zero-order valence-electron chi connectivity index (χ0n) is 41.3. The molecule has 0 radical (unpaired) electrons. The summed E-state index contributed by atoms with van der Waals surface area (Å²) >= 11 is 0. The Morgan fingerprint density at radius 2 is 0.672 bits per heavy atom. The van der Waals surface area contributed by atoms with Crippen LogP contribution in [0, 0.1) is 13.8 Å². The Labute approximate surface area is 388 Å². The average Bonchev–Trinajstić information content (AvgIpc) is 3.83. The highest BCUT2D eigenvalue weighted by molar-refractivity contribution is 5.96. The second kappa shape index (κ2) is 17.3. The van der Waals surface area contributed by atoms with E-state index in [2.05, 4.69) is 178 Å². The van der Waals surface area contributed by atoms with Gasteiger partial charge in [0.1, 0.15) is 0 Å². The number of fused-ring (bicyclic) bond motifs is 13. The Morgan fingerprint density at radius 3 is 1.12 bits per heavy atom. The third-order valence-corrected chi connectivity index (χ3v) is 15.9. The summed E-state index contributed by atoms with van der Waals surface area (Å²) in [6.07, 6.45) is 18.5. The molecule has 0 heteroatoms. The molecular formula is C64H76. The zero-order valence-corrected chi connectivity index (χ0v) is 41.3. The fourth-order valence-corrected chi connectivity index (χ4v) is 12.3. The molecule has 3 aliphatic carbocycles. The molecule has 0 nitrogen and oxygen atoms in total. The van der Waals surface area contributed by atoms with Crippen LogP contribution in [0.4, 0.5) is 0 Å². The maximum atomic E-state index is 2.67. The van der Waals surface area contributed by atoms with Gasteiger partial charge in [-0.25, -0.2) is 0 Å². The largest absolute Gasteiger partial charge is 0.0726 e. The van der Waals surface area contributed by atoms with Gasteiger partial charge in [-0.05, 0) is 139 Å². The van der Waals surface area contributed by atoms with Gasteiger partial charge in [-0.15, -0.1) is 0 Å². The minimum Gasteiger partial charge on any atom is -0.0654 e. The van der Waals surface area contributed by atoms with E-state index in [1.54, 1.807) is 11.1 Å². The number of benzene rings is 6. The van der Waals surface area contributed by atoms with E-state index in [0.717, 1.165) is 0 Å². The van der Waals surface area contributed by atoms with Crippen LogP contribution in [0.2, 0.25) is 0 Å². The Morgan fingerprint density at radius 1 is 0.344 bits per heavy atom. The van der Waals surface area contributed by atoms with Crippen LogP contribution in [-0.4, -0.2) is 0 Å². The van der Waals surface area contributed by atoms with E-state index < -0.39 is 5.41 Å². The summed E-state index contributed by atoms with van der Waals surface area (Å²) in [6.45, 7) is 23.5. The molecule has 9 rings (SSSR count). The zero-order chi connectivity index (χ0) is 45.0. The van der Waals surface area contributed by atoms with Crippen molar-refractivity contribution in [3.63, 3.8) is 0 Å². The lowest BCUT2D eigenvalue weighted by Gasteiger charge is -2.34. The second-order valence-electron chi connectivity index (χ2n) is 22.5. The first kappa shape index (κ1) is 44.5. The van der Waals surface area contributed by atoms with Crippen LogP contribution in [0.1, 0.15) is 201 Å². The van der Waals surface area contributed by atoms with Crippen molar-refractivity contribution in [2.24, 2.45) is 0 Å². The molecule has 0 saturated heterocycles. The van der Waals surface area contributed by atoms with Gasteiger partial charge in [0.05, 0.1) is 5.41 Å². The van der Waals surface area contributed by atoms with Crippen LogP contribution in [0.25, 0.3) is 44.5 Å². The molecule has 0 fully saturated rings. The molecule has 0 heterocycles. The number of aryl methyl sites for hydroxylation is 2. The number of hydrogen-bond acceptors (Lipinski definition) is 0. The highest BCUT2D eigenvalue weighted by atomic mass is 14.5. The standard InChI is InChI=1S/C64H76/c1-11-13-15-17-19-21-35-63(36-22-20-18-16-14-12-2)55-37-43(3)23-29-49(55)50-31-25-45(39-56(50)63)46-26-32-52-51-30-24-44(4)38-57(51)64(58(52)40-46)59-41-47(61(5,6)7)27-33-53(59)54-34-28-48(42-60(54)64)62(8,9)10/h23-34,37-42H,11-22,35-36H2,1-10H3. The predicted octanol–water partition coefficient (Wildman–Crippen LogP) is 18.7. The molecule has 0 aliphatic heterocycles. The highest BCUT2D eigenvalue weighted by Crippen LogP contribution is 2.64. The monoisotopic (exact) mass is 845 g/mol. The van der Waals surface area contributed by atoms with Crippen molar-refractivity contribution in [2.45, 2.75) is 181 Å². The van der Waals surface area contributed by atoms with Crippen molar-refractivity contribution >= 4 is 0 Å². The van der Waals surface area contributed by atoms with Crippen LogP contribution in [-0.2, 0) is 21.7 Å². The normalized spacial score (nSPS) is 14.9. The van der Waals surface area contributed by atoms with E-state index in [4.69, 9.17) is 0 Å². The van der Waals surface area contributed by atoms with Crippen LogP contribution in [0.5, 0.6) is 0 Å². The first-order valence-corrected chi connectivity index (χ1v) is 25.5. The fraction of sp³-hybridized carbons (Fsp3) is 0.438. The van der Waals surface area contributed by atoms with Crippen molar-refractivity contribution in [3.8, 4) is 44.5 Å². The average molecular weight is 845 g/mol. The maximum Gasteiger partial charge on any atom is 0.0726 e. The van der Waals surface area contributed by atoms with E-state index in [0.29, 0.717) is 0 Å². The Kier molecular flexibility index (Phi) is 12.0. The number of rotatable bonds is 15. The van der Waals surface area contributed by atoms with E-state index in [1.807, 2.05) is 0 Å². The van der Waals surface area contributed by atoms with Crippen molar-refractivity contribution in [1.82, 2.24) is 0 Å². The van der Waals surface area contributed by atoms with Gasteiger partial charge in [0.25, 0.3) is 0 Å². The molecule has 6 aromatic carbocycles. The summed E-state index contributed by atoms with van der Waals surface area (Å²) < 4.78 is 0. The summed E-state index contributed by atoms with van der Waals surface area (Å²) in [6, 6.07) is 44.7. The van der Waals surface area contributed by atoms with Crippen molar-refractivity contribution in [1.29, 1.82) is 0 Å². The molecule has 0 unspecified atom stereocenters. The lowest BCUT2D eigenvalue weighted by Crippen LogP contribution is -2.27. The molecule has 0 N–H and O–H groups in total. The van der Waals surface area contributed by atoms with Gasteiger partial charge < -0.3 is 0 Å². The van der Waals surface area contributed by atoms with Crippen LogP contribution in [0.15, 0.2) is 109 Å². The summed E-state index contributed by atoms with van der Waals surface area (Å²) in [5, 5.41) is 0. The Balaban J connectivity index is 1.23. The summed E-state index contributed by atoms with van der Waals surface area (Å²) in [5.74, 6) is 0. The molecule has 3 aliphatic rings. The molecule has 0 amide bonds. The van der Waals surface area contributed by atoms with Gasteiger partial charge in [0.2, 0.25) is 0 Å². The van der Waals surface area contributed by atoms with E-state index in [-0.39, 0.29) is 16.2 Å². The molecule has 0 bridgehead atoms. The lowest BCUT2D eigenvalue weighted by atomic mass is 9.68. The molecule has 0 saturated carbocycles. The summed E-state index contributed by atoms with van der Waals surface area (Å²) in [5.41, 5.74) is 25.3.